The number of ether oxygens (including phenoxy) is 1. The van der Waals surface area contributed by atoms with Gasteiger partial charge in [0.1, 0.15) is 6.10 Å². The first-order valence-corrected chi connectivity index (χ1v) is 10.4. The fraction of sp³-hybridized carbons (Fsp3) is 0.364. The van der Waals surface area contributed by atoms with Crippen LogP contribution >= 0.6 is 11.6 Å². The molecule has 3 rings (SSSR count). The molecule has 1 aliphatic heterocycles. The Balaban J connectivity index is 1.68. The molecular formula is C22H26ClN4O4+. The number of anilines is 1. The van der Waals surface area contributed by atoms with E-state index in [-0.39, 0.29) is 16.5 Å². The van der Waals surface area contributed by atoms with Crippen molar-refractivity contribution < 1.29 is 23.6 Å². The van der Waals surface area contributed by atoms with Crippen LogP contribution in [-0.2, 0) is 9.59 Å². The van der Waals surface area contributed by atoms with Gasteiger partial charge in [-0.05, 0) is 30.7 Å². The lowest BCUT2D eigenvalue weighted by atomic mass is 10.0. The van der Waals surface area contributed by atoms with Gasteiger partial charge in [-0.1, -0.05) is 17.7 Å². The van der Waals surface area contributed by atoms with Crippen LogP contribution < -0.4 is 15.4 Å². The molecule has 1 saturated heterocycles. The third kappa shape index (κ3) is 5.39. The standard InChI is InChI=1S/C22H25ClN4O4/c1-14-4-7-19(25-13-14)31-16-8-10-27(3,11-9-16)22(30)17-12-15(5-6-18(17)23)26-21(29)20(28)24-2/h4-7,12-13,16H,8-11H2,1-3H3,(H-,24,26,28,29)/p+1. The van der Waals surface area contributed by atoms with Crippen molar-refractivity contribution in [2.75, 3.05) is 32.5 Å². The highest BCUT2D eigenvalue weighted by Gasteiger charge is 2.39. The summed E-state index contributed by atoms with van der Waals surface area (Å²) in [5.74, 6) is -1.15. The number of nitrogens with one attached hydrogen (secondary N) is 2. The van der Waals surface area contributed by atoms with Gasteiger partial charge in [-0.2, -0.15) is 0 Å². The molecule has 2 heterocycles. The second kappa shape index (κ2) is 9.45. The first-order valence-electron chi connectivity index (χ1n) is 10.0. The van der Waals surface area contributed by atoms with Gasteiger partial charge in [0.25, 0.3) is 0 Å². The van der Waals surface area contributed by atoms with Gasteiger partial charge in [0.05, 0.1) is 30.7 Å². The summed E-state index contributed by atoms with van der Waals surface area (Å²) in [6.07, 6.45) is 3.15. The number of amides is 3. The van der Waals surface area contributed by atoms with E-state index in [1.807, 2.05) is 26.1 Å². The highest BCUT2D eigenvalue weighted by Crippen LogP contribution is 2.28. The molecule has 0 atom stereocenters. The maximum Gasteiger partial charge on any atom is 0.347 e. The lowest BCUT2D eigenvalue weighted by Crippen LogP contribution is -2.55. The number of aromatic nitrogens is 1. The van der Waals surface area contributed by atoms with Crippen molar-refractivity contribution >= 4 is 35.0 Å². The van der Waals surface area contributed by atoms with Gasteiger partial charge < -0.3 is 15.4 Å². The fourth-order valence-electron chi connectivity index (χ4n) is 3.49. The molecule has 1 aromatic heterocycles. The number of pyridine rings is 1. The van der Waals surface area contributed by atoms with Gasteiger partial charge in [0, 0.05) is 37.8 Å². The van der Waals surface area contributed by atoms with Gasteiger partial charge in [-0.3, -0.25) is 14.1 Å². The highest BCUT2D eigenvalue weighted by molar-refractivity contribution is 6.39. The Labute approximate surface area is 186 Å². The Morgan fingerprint density at radius 3 is 2.45 bits per heavy atom. The molecule has 0 spiro atoms. The molecule has 31 heavy (non-hydrogen) atoms. The van der Waals surface area contributed by atoms with Crippen LogP contribution in [0.2, 0.25) is 5.02 Å². The number of hydrogen-bond acceptors (Lipinski definition) is 5. The molecule has 1 aromatic carbocycles. The average Bonchev–Trinajstić information content (AvgIpc) is 2.77. The van der Waals surface area contributed by atoms with E-state index in [1.54, 1.807) is 18.3 Å². The molecule has 0 aliphatic carbocycles. The number of piperidine rings is 1. The number of likely N-dealkylation sites (N-methyl/N-ethyl adjacent to an activating group) is 1. The molecule has 1 aliphatic rings. The van der Waals surface area contributed by atoms with E-state index < -0.39 is 11.8 Å². The number of quaternary nitrogens is 1. The van der Waals surface area contributed by atoms with Crippen molar-refractivity contribution in [3.8, 4) is 5.88 Å². The molecule has 8 nitrogen and oxygen atoms in total. The Kier molecular flexibility index (Phi) is 6.92. The van der Waals surface area contributed by atoms with Gasteiger partial charge in [0.2, 0.25) is 5.88 Å². The summed E-state index contributed by atoms with van der Waals surface area (Å²) in [4.78, 5) is 40.9. The van der Waals surface area contributed by atoms with Crippen LogP contribution in [0.5, 0.6) is 5.88 Å². The van der Waals surface area contributed by atoms with Crippen LogP contribution in [0.25, 0.3) is 0 Å². The maximum atomic E-state index is 13.3. The van der Waals surface area contributed by atoms with Gasteiger partial charge >= 0.3 is 17.7 Å². The molecule has 2 N–H and O–H groups in total. The minimum atomic E-state index is -0.814. The number of hydrogen-bond donors (Lipinski definition) is 2. The van der Waals surface area contributed by atoms with Crippen LogP contribution in [-0.4, -0.2) is 60.5 Å². The van der Waals surface area contributed by atoms with Crippen LogP contribution in [0, 0.1) is 6.92 Å². The number of halogens is 1. The summed E-state index contributed by atoms with van der Waals surface area (Å²) in [7, 11) is 3.24. The van der Waals surface area contributed by atoms with E-state index in [0.717, 1.165) is 5.56 Å². The molecule has 1 fully saturated rings. The maximum absolute atomic E-state index is 13.3. The Hall–Kier alpha value is -2.97. The fourth-order valence-corrected chi connectivity index (χ4v) is 3.69. The lowest BCUT2D eigenvalue weighted by molar-refractivity contribution is -0.835. The van der Waals surface area contributed by atoms with Crippen LogP contribution in [0.4, 0.5) is 5.69 Å². The third-order valence-electron chi connectivity index (χ3n) is 5.44. The summed E-state index contributed by atoms with van der Waals surface area (Å²) in [6, 6.07) is 8.40. The average molecular weight is 446 g/mol. The normalized spacial score (nSPS) is 20.6. The van der Waals surface area contributed by atoms with Crippen molar-refractivity contribution in [3.05, 3.63) is 52.7 Å². The smallest absolute Gasteiger partial charge is 0.347 e. The molecule has 0 saturated carbocycles. The Bertz CT molecular complexity index is 986. The largest absolute Gasteiger partial charge is 0.474 e. The summed E-state index contributed by atoms with van der Waals surface area (Å²) >= 11 is 6.29. The van der Waals surface area contributed by atoms with Crippen molar-refractivity contribution in [3.63, 3.8) is 0 Å². The lowest BCUT2D eigenvalue weighted by Gasteiger charge is -2.38. The van der Waals surface area contributed by atoms with E-state index in [1.165, 1.54) is 13.1 Å². The SMILES string of the molecule is CNC(=O)C(=O)Nc1ccc(Cl)c(C(=O)[N+]2(C)CCC(Oc3ccc(C)cn3)CC2)c1. The quantitative estimate of drug-likeness (QED) is 0.556. The number of rotatable bonds is 4. The minimum absolute atomic E-state index is 0.0112. The van der Waals surface area contributed by atoms with Crippen LogP contribution in [0.3, 0.4) is 0 Å². The zero-order chi connectivity index (χ0) is 22.6. The molecule has 3 amide bonds. The van der Waals surface area contributed by atoms with E-state index in [2.05, 4.69) is 15.6 Å². The highest BCUT2D eigenvalue weighted by atomic mass is 35.5. The number of likely N-dealkylation sites (tertiary alicyclic amines) is 1. The van der Waals surface area contributed by atoms with Crippen LogP contribution in [0.1, 0.15) is 28.8 Å². The monoisotopic (exact) mass is 445 g/mol. The Morgan fingerprint density at radius 2 is 1.84 bits per heavy atom. The number of benzene rings is 1. The zero-order valence-electron chi connectivity index (χ0n) is 17.8. The van der Waals surface area contributed by atoms with Crippen LogP contribution in [0.15, 0.2) is 36.5 Å². The third-order valence-corrected chi connectivity index (χ3v) is 5.77. The molecule has 0 unspecified atom stereocenters. The second-order valence-electron chi connectivity index (χ2n) is 7.87. The molecule has 9 heteroatoms. The summed E-state index contributed by atoms with van der Waals surface area (Å²) in [5.41, 5.74) is 1.70. The summed E-state index contributed by atoms with van der Waals surface area (Å²) in [5, 5.41) is 5.02. The van der Waals surface area contributed by atoms with Gasteiger partial charge in [0.15, 0.2) is 0 Å². The van der Waals surface area contributed by atoms with E-state index in [0.29, 0.717) is 48.1 Å². The van der Waals surface area contributed by atoms with Crippen molar-refractivity contribution in [1.82, 2.24) is 10.3 Å². The topological polar surface area (TPSA) is 97.4 Å². The molecule has 0 bridgehead atoms. The van der Waals surface area contributed by atoms with Gasteiger partial charge in [-0.25, -0.2) is 9.78 Å². The molecule has 2 aromatic rings. The molecule has 0 radical (unpaired) electrons. The van der Waals surface area contributed by atoms with Crippen molar-refractivity contribution in [1.29, 1.82) is 0 Å². The van der Waals surface area contributed by atoms with Gasteiger partial charge in [-0.15, -0.1) is 0 Å². The zero-order valence-corrected chi connectivity index (χ0v) is 18.5. The summed E-state index contributed by atoms with van der Waals surface area (Å²) in [6.45, 7) is 3.14. The molecule has 164 valence electrons. The van der Waals surface area contributed by atoms with Crippen molar-refractivity contribution in [2.24, 2.45) is 0 Å². The predicted octanol–water partition coefficient (Wildman–Crippen LogP) is 2.56. The number of aryl methyl sites for hydroxylation is 1. The molecular weight excluding hydrogens is 420 g/mol. The Morgan fingerprint density at radius 1 is 1.13 bits per heavy atom. The second-order valence-corrected chi connectivity index (χ2v) is 8.27. The number of carbonyl (C=O) groups excluding carboxylic acids is 3. The van der Waals surface area contributed by atoms with E-state index in [4.69, 9.17) is 16.3 Å². The minimum Gasteiger partial charge on any atom is -0.474 e. The van der Waals surface area contributed by atoms with E-state index >= 15 is 0 Å². The van der Waals surface area contributed by atoms with E-state index in [9.17, 15) is 14.4 Å². The predicted molar refractivity (Wildman–Crippen MR) is 117 cm³/mol. The first-order chi connectivity index (χ1) is 14.7. The number of nitrogens with zero attached hydrogens (tertiary/aromatic N) is 2. The number of carbonyl (C=O) groups is 3. The summed E-state index contributed by atoms with van der Waals surface area (Å²) < 4.78 is 6.14. The van der Waals surface area contributed by atoms with Crippen molar-refractivity contribution in [2.45, 2.75) is 25.9 Å². The first kappa shape index (κ1) is 22.7.